The second-order valence-electron chi connectivity index (χ2n) is 8.71. The van der Waals surface area contributed by atoms with Crippen LogP contribution in [0.15, 0.2) is 23.4 Å². The fraction of sp³-hybridized carbons (Fsp3) is 0.619. The van der Waals surface area contributed by atoms with E-state index in [1.165, 1.54) is 4.57 Å². The molecule has 32 heavy (non-hydrogen) atoms. The molecule has 2 aromatic rings. The molecular weight excluding hydrogens is 438 g/mol. The summed E-state index contributed by atoms with van der Waals surface area (Å²) in [5.41, 5.74) is -0.284. The van der Waals surface area contributed by atoms with Gasteiger partial charge in [-0.2, -0.15) is 5.10 Å². The summed E-state index contributed by atoms with van der Waals surface area (Å²) in [6, 6.07) is 1.48. The van der Waals surface area contributed by atoms with Crippen molar-refractivity contribution in [2.75, 3.05) is 36.9 Å². The topological polar surface area (TPSA) is 76.4 Å². The highest BCUT2D eigenvalue weighted by Gasteiger charge is 2.32. The first kappa shape index (κ1) is 21.7. The first-order valence-corrected chi connectivity index (χ1v) is 12.0. The number of hydrogen-bond acceptors (Lipinski definition) is 6. The fourth-order valence-corrected chi connectivity index (χ4v) is 5.78. The third-order valence-electron chi connectivity index (χ3n) is 6.51. The maximum atomic E-state index is 13.7. The van der Waals surface area contributed by atoms with Gasteiger partial charge in [-0.1, -0.05) is 18.7 Å². The van der Waals surface area contributed by atoms with Crippen LogP contribution in [-0.4, -0.2) is 57.1 Å². The van der Waals surface area contributed by atoms with Crippen LogP contribution in [0.1, 0.15) is 50.8 Å². The molecule has 2 fully saturated rings. The van der Waals surface area contributed by atoms with Crippen molar-refractivity contribution in [2.24, 2.45) is 5.92 Å². The molecule has 3 aliphatic rings. The summed E-state index contributed by atoms with van der Waals surface area (Å²) < 4.78 is 35.8. The van der Waals surface area contributed by atoms with Crippen LogP contribution >= 0.6 is 11.8 Å². The molecule has 2 aliphatic heterocycles. The smallest absolute Gasteiger partial charge is 0.331 e. The van der Waals surface area contributed by atoms with Gasteiger partial charge in [0.2, 0.25) is 0 Å². The Kier molecular flexibility index (Phi) is 6.13. The average molecular weight is 467 g/mol. The molecule has 174 valence electrons. The second-order valence-corrected chi connectivity index (χ2v) is 9.84. The van der Waals surface area contributed by atoms with E-state index in [0.717, 1.165) is 43.7 Å². The Balaban J connectivity index is 1.31. The zero-order valence-electron chi connectivity index (χ0n) is 18.0. The number of nitrogens with one attached hydrogen (secondary N) is 2. The molecule has 0 radical (unpaired) electrons. The number of halogens is 2. The van der Waals surface area contributed by atoms with Gasteiger partial charge < -0.3 is 15.4 Å². The van der Waals surface area contributed by atoms with Crippen LogP contribution < -0.4 is 10.6 Å². The largest absolute Gasteiger partial charge is 0.379 e. The maximum absolute atomic E-state index is 13.7. The first-order chi connectivity index (χ1) is 15.5. The molecule has 8 nitrogen and oxygen atoms in total. The standard InChI is InChI=1S/C21H28F2N6O2S/c1-13-2-4-14(5-3-13)29-12-15(17(26-29)18(22)23)24-20(30)28-7-6-16-19(28)25-21(32-16)27-8-10-31-11-9-27/h6-7,12-14,18,21,25H,2-5,8-11H2,1H3,(H,24,30)/t13-,14-,21?. The summed E-state index contributed by atoms with van der Waals surface area (Å²) in [6.45, 7) is 5.21. The Labute approximate surface area is 189 Å². The van der Waals surface area contributed by atoms with E-state index in [2.05, 4.69) is 27.6 Å². The summed E-state index contributed by atoms with van der Waals surface area (Å²) >= 11 is 1.64. The van der Waals surface area contributed by atoms with Gasteiger partial charge in [-0.15, -0.1) is 0 Å². The molecule has 2 aromatic heterocycles. The summed E-state index contributed by atoms with van der Waals surface area (Å²) in [5.74, 6) is 1.33. The second kappa shape index (κ2) is 9.03. The summed E-state index contributed by atoms with van der Waals surface area (Å²) in [4.78, 5) is 16.2. The van der Waals surface area contributed by atoms with Crippen LogP contribution in [0.25, 0.3) is 0 Å². The number of ether oxygens (including phenoxy) is 1. The van der Waals surface area contributed by atoms with E-state index in [4.69, 9.17) is 4.74 Å². The lowest BCUT2D eigenvalue weighted by atomic mass is 9.87. The molecule has 1 amide bonds. The average Bonchev–Trinajstić information content (AvgIpc) is 3.49. The lowest BCUT2D eigenvalue weighted by Gasteiger charge is -2.31. The van der Waals surface area contributed by atoms with Crippen LogP contribution in [0.3, 0.4) is 0 Å². The van der Waals surface area contributed by atoms with Crippen LogP contribution in [0.4, 0.5) is 25.1 Å². The highest BCUT2D eigenvalue weighted by molar-refractivity contribution is 8.00. The van der Waals surface area contributed by atoms with E-state index < -0.39 is 12.5 Å². The molecule has 0 bridgehead atoms. The fourth-order valence-electron chi connectivity index (χ4n) is 4.60. The van der Waals surface area contributed by atoms with Crippen molar-refractivity contribution in [3.8, 4) is 0 Å². The third-order valence-corrected chi connectivity index (χ3v) is 7.74. The number of anilines is 2. The van der Waals surface area contributed by atoms with Gasteiger partial charge in [0.25, 0.3) is 6.43 Å². The van der Waals surface area contributed by atoms with Crippen LogP contribution in [0.5, 0.6) is 0 Å². The SMILES string of the molecule is C[C@H]1CC[C@H](n2cc(NC(=O)n3ccc4c3NC(N3CCOCC3)S4)c(C(F)F)n2)CC1. The van der Waals surface area contributed by atoms with Crippen molar-refractivity contribution in [3.63, 3.8) is 0 Å². The van der Waals surface area contributed by atoms with Gasteiger partial charge in [-0.25, -0.2) is 13.6 Å². The lowest BCUT2D eigenvalue weighted by molar-refractivity contribution is 0.0365. The normalized spacial score (nSPS) is 26.2. The number of thioether (sulfide) groups is 1. The molecule has 1 saturated heterocycles. The van der Waals surface area contributed by atoms with Crippen molar-refractivity contribution in [1.82, 2.24) is 19.2 Å². The van der Waals surface area contributed by atoms with Crippen LogP contribution in [0.2, 0.25) is 0 Å². The minimum Gasteiger partial charge on any atom is -0.379 e. The van der Waals surface area contributed by atoms with Gasteiger partial charge in [0.1, 0.15) is 11.3 Å². The van der Waals surface area contributed by atoms with E-state index in [-0.39, 0.29) is 22.9 Å². The van der Waals surface area contributed by atoms with Crippen molar-refractivity contribution in [1.29, 1.82) is 0 Å². The van der Waals surface area contributed by atoms with Gasteiger partial charge in [-0.05, 0) is 37.7 Å². The molecule has 0 aromatic carbocycles. The number of fused-ring (bicyclic) bond motifs is 1. The minimum atomic E-state index is -2.76. The van der Waals surface area contributed by atoms with E-state index in [1.54, 1.807) is 28.8 Å². The predicted octanol–water partition coefficient (Wildman–Crippen LogP) is 4.59. The number of hydrogen-bond donors (Lipinski definition) is 2. The quantitative estimate of drug-likeness (QED) is 0.687. The third kappa shape index (κ3) is 4.25. The zero-order valence-corrected chi connectivity index (χ0v) is 18.8. The monoisotopic (exact) mass is 466 g/mol. The minimum absolute atomic E-state index is 0.0252. The van der Waals surface area contributed by atoms with Gasteiger partial charge in [0.15, 0.2) is 5.69 Å². The number of alkyl halides is 2. The highest BCUT2D eigenvalue weighted by Crippen LogP contribution is 2.41. The highest BCUT2D eigenvalue weighted by atomic mass is 32.2. The van der Waals surface area contributed by atoms with Crippen molar-refractivity contribution < 1.29 is 18.3 Å². The summed E-state index contributed by atoms with van der Waals surface area (Å²) in [6.07, 6.45) is 4.39. The Bertz CT molecular complexity index is 966. The number of nitrogens with zero attached hydrogens (tertiary/aromatic N) is 4. The van der Waals surface area contributed by atoms with E-state index in [0.29, 0.717) is 24.9 Å². The van der Waals surface area contributed by atoms with E-state index >= 15 is 0 Å². The van der Waals surface area contributed by atoms with Gasteiger partial charge in [0, 0.05) is 25.5 Å². The molecule has 11 heteroatoms. The zero-order chi connectivity index (χ0) is 22.2. The molecule has 1 saturated carbocycles. The molecule has 1 atom stereocenters. The lowest BCUT2D eigenvalue weighted by Crippen LogP contribution is -2.44. The van der Waals surface area contributed by atoms with Crippen LogP contribution in [0, 0.1) is 5.92 Å². The number of amides is 1. The molecule has 0 spiro atoms. The molecule has 1 unspecified atom stereocenters. The Hall–Kier alpha value is -2.11. The summed E-state index contributed by atoms with van der Waals surface area (Å²) in [5, 5.41) is 10.2. The van der Waals surface area contributed by atoms with E-state index in [1.807, 2.05) is 6.07 Å². The predicted molar refractivity (Wildman–Crippen MR) is 118 cm³/mol. The Morgan fingerprint density at radius 2 is 2.03 bits per heavy atom. The van der Waals surface area contributed by atoms with Crippen molar-refractivity contribution in [3.05, 3.63) is 24.2 Å². The maximum Gasteiger partial charge on any atom is 0.331 e. The van der Waals surface area contributed by atoms with Crippen molar-refractivity contribution >= 4 is 29.3 Å². The molecular formula is C21H28F2N6O2S. The number of carbonyl (C=O) groups is 1. The summed E-state index contributed by atoms with van der Waals surface area (Å²) in [7, 11) is 0. The Morgan fingerprint density at radius 3 is 2.75 bits per heavy atom. The number of aromatic nitrogens is 3. The molecule has 1 aliphatic carbocycles. The van der Waals surface area contributed by atoms with Gasteiger partial charge >= 0.3 is 6.03 Å². The van der Waals surface area contributed by atoms with Crippen LogP contribution in [-0.2, 0) is 4.74 Å². The Morgan fingerprint density at radius 1 is 1.28 bits per heavy atom. The number of morpholine rings is 1. The molecule has 4 heterocycles. The van der Waals surface area contributed by atoms with Gasteiger partial charge in [-0.3, -0.25) is 14.1 Å². The number of carbonyl (C=O) groups excluding carboxylic acids is 1. The van der Waals surface area contributed by atoms with Crippen molar-refractivity contribution in [2.45, 2.75) is 55.5 Å². The molecule has 2 N–H and O–H groups in total. The molecule has 5 rings (SSSR count). The number of rotatable bonds is 4. The first-order valence-electron chi connectivity index (χ1n) is 11.1. The van der Waals surface area contributed by atoms with E-state index in [9.17, 15) is 13.6 Å². The van der Waals surface area contributed by atoms with Gasteiger partial charge in [0.05, 0.1) is 29.8 Å².